The number of carbonyl (C=O) groups is 1. The molecule has 1 aliphatic rings. The third-order valence-electron chi connectivity index (χ3n) is 5.72. The Morgan fingerprint density at radius 1 is 1.00 bits per heavy atom. The molecular weight excluding hydrogens is 454 g/mol. The van der Waals surface area contributed by atoms with Crippen molar-refractivity contribution in [2.75, 3.05) is 46.4 Å². The van der Waals surface area contributed by atoms with Crippen molar-refractivity contribution in [1.82, 2.24) is 15.1 Å². The zero-order valence-electron chi connectivity index (χ0n) is 17.8. The van der Waals surface area contributed by atoms with Gasteiger partial charge in [-0.15, -0.1) is 0 Å². The highest BCUT2D eigenvalue weighted by Crippen LogP contribution is 2.24. The van der Waals surface area contributed by atoms with Crippen molar-refractivity contribution in [3.8, 4) is 5.75 Å². The van der Waals surface area contributed by atoms with Gasteiger partial charge in [0.1, 0.15) is 5.75 Å². The molecule has 1 N–H and O–H groups in total. The van der Waals surface area contributed by atoms with Crippen LogP contribution in [0.1, 0.15) is 11.6 Å². The van der Waals surface area contributed by atoms with Crippen LogP contribution in [0.3, 0.4) is 0 Å². The molecule has 0 saturated carbocycles. The van der Waals surface area contributed by atoms with Crippen molar-refractivity contribution >= 4 is 32.6 Å². The van der Waals surface area contributed by atoms with Gasteiger partial charge >= 0.3 is 0 Å². The van der Waals surface area contributed by atoms with E-state index in [1.54, 1.807) is 0 Å². The molecule has 6 heteroatoms. The second-order valence-electron chi connectivity index (χ2n) is 8.08. The van der Waals surface area contributed by atoms with Gasteiger partial charge in [0.2, 0.25) is 0 Å². The first-order valence-corrected chi connectivity index (χ1v) is 11.4. The maximum Gasteiger partial charge on any atom is 0.258 e. The molecule has 3 aromatic carbocycles. The van der Waals surface area contributed by atoms with E-state index < -0.39 is 0 Å². The van der Waals surface area contributed by atoms with E-state index in [9.17, 15) is 4.79 Å². The molecule has 1 heterocycles. The minimum Gasteiger partial charge on any atom is -0.484 e. The Morgan fingerprint density at radius 2 is 1.71 bits per heavy atom. The molecule has 0 aromatic heterocycles. The van der Waals surface area contributed by atoms with Crippen molar-refractivity contribution in [2.45, 2.75) is 6.04 Å². The molecule has 1 fully saturated rings. The third-order valence-corrected chi connectivity index (χ3v) is 6.21. The summed E-state index contributed by atoms with van der Waals surface area (Å²) in [5, 5.41) is 5.39. The van der Waals surface area contributed by atoms with Crippen LogP contribution in [0.15, 0.2) is 71.2 Å². The zero-order chi connectivity index (χ0) is 21.6. The first-order chi connectivity index (χ1) is 15.1. The number of nitrogens with zero attached hydrogens (tertiary/aromatic N) is 2. The molecule has 1 aliphatic heterocycles. The highest BCUT2D eigenvalue weighted by molar-refractivity contribution is 9.10. The number of likely N-dealkylation sites (N-methyl/N-ethyl adjacent to an activating group) is 1. The summed E-state index contributed by atoms with van der Waals surface area (Å²) in [5.41, 5.74) is 1.12. The maximum atomic E-state index is 12.7. The fraction of sp³-hybridized carbons (Fsp3) is 0.320. The molecule has 3 aromatic rings. The number of rotatable bonds is 7. The molecule has 1 amide bonds. The SMILES string of the molecule is CN1CCN(CC(NC(=O)COc2ccc3cc(Br)ccc3c2)c2ccccc2)CC1. The number of halogens is 1. The van der Waals surface area contributed by atoms with Crippen molar-refractivity contribution < 1.29 is 9.53 Å². The van der Waals surface area contributed by atoms with E-state index in [0.29, 0.717) is 5.75 Å². The van der Waals surface area contributed by atoms with Gasteiger partial charge < -0.3 is 15.0 Å². The maximum absolute atomic E-state index is 12.7. The van der Waals surface area contributed by atoms with Gasteiger partial charge in [-0.1, -0.05) is 58.4 Å². The van der Waals surface area contributed by atoms with Crippen LogP contribution in [-0.4, -0.2) is 62.1 Å². The van der Waals surface area contributed by atoms with Crippen LogP contribution in [0.5, 0.6) is 5.75 Å². The zero-order valence-corrected chi connectivity index (χ0v) is 19.3. The molecule has 31 heavy (non-hydrogen) atoms. The molecule has 1 atom stereocenters. The first-order valence-electron chi connectivity index (χ1n) is 10.6. The predicted octanol–water partition coefficient (Wildman–Crippen LogP) is 4.09. The molecule has 0 spiro atoms. The van der Waals surface area contributed by atoms with Gasteiger partial charge in [0.05, 0.1) is 6.04 Å². The van der Waals surface area contributed by atoms with E-state index >= 15 is 0 Å². The lowest BCUT2D eigenvalue weighted by Gasteiger charge is -2.35. The second kappa shape index (κ2) is 10.3. The van der Waals surface area contributed by atoms with Crippen LogP contribution < -0.4 is 10.1 Å². The fourth-order valence-corrected chi connectivity index (χ4v) is 4.26. The van der Waals surface area contributed by atoms with E-state index in [1.807, 2.05) is 48.5 Å². The molecule has 1 unspecified atom stereocenters. The number of nitrogens with one attached hydrogen (secondary N) is 1. The summed E-state index contributed by atoms with van der Waals surface area (Å²) in [4.78, 5) is 17.5. The standard InChI is InChI=1S/C25H28BrN3O2/c1-28-11-13-29(14-12-28)17-24(19-5-3-2-4-6-19)27-25(30)18-31-23-10-8-20-15-22(26)9-7-21(20)16-23/h2-10,15-16,24H,11-14,17-18H2,1H3,(H,27,30). The normalized spacial score (nSPS) is 16.2. The van der Waals surface area contributed by atoms with E-state index in [0.717, 1.165) is 53.5 Å². The monoisotopic (exact) mass is 481 g/mol. The van der Waals surface area contributed by atoms with E-state index in [4.69, 9.17) is 4.74 Å². The predicted molar refractivity (Wildman–Crippen MR) is 128 cm³/mol. The molecule has 162 valence electrons. The lowest BCUT2D eigenvalue weighted by molar-refractivity contribution is -0.124. The Hall–Kier alpha value is -2.41. The van der Waals surface area contributed by atoms with Crippen molar-refractivity contribution in [1.29, 1.82) is 0 Å². The summed E-state index contributed by atoms with van der Waals surface area (Å²) in [6.07, 6.45) is 0. The number of fused-ring (bicyclic) bond motifs is 1. The van der Waals surface area contributed by atoms with Gasteiger partial charge in [0.15, 0.2) is 6.61 Å². The number of amides is 1. The van der Waals surface area contributed by atoms with E-state index in [2.05, 4.69) is 56.3 Å². The van der Waals surface area contributed by atoms with Gasteiger partial charge in [-0.2, -0.15) is 0 Å². The quantitative estimate of drug-likeness (QED) is 0.551. The number of carbonyl (C=O) groups excluding carboxylic acids is 1. The van der Waals surface area contributed by atoms with Crippen molar-refractivity contribution in [3.05, 3.63) is 76.8 Å². The molecule has 0 radical (unpaired) electrons. The van der Waals surface area contributed by atoms with Crippen molar-refractivity contribution in [2.24, 2.45) is 0 Å². The molecule has 1 saturated heterocycles. The average molecular weight is 482 g/mol. The van der Waals surface area contributed by atoms with Gasteiger partial charge in [0.25, 0.3) is 5.91 Å². The van der Waals surface area contributed by atoms with Crippen LogP contribution in [0.25, 0.3) is 10.8 Å². The van der Waals surface area contributed by atoms with Gasteiger partial charge in [-0.05, 0) is 47.6 Å². The Labute approximate surface area is 192 Å². The Balaban J connectivity index is 1.38. The third kappa shape index (κ3) is 6.06. The molecule has 4 rings (SSSR count). The number of piperazine rings is 1. The molecule has 5 nitrogen and oxygen atoms in total. The topological polar surface area (TPSA) is 44.8 Å². The molecular formula is C25H28BrN3O2. The summed E-state index contributed by atoms with van der Waals surface area (Å²) >= 11 is 3.49. The minimum atomic E-state index is -0.112. The smallest absolute Gasteiger partial charge is 0.258 e. The number of ether oxygens (including phenoxy) is 1. The Morgan fingerprint density at radius 3 is 2.48 bits per heavy atom. The average Bonchev–Trinajstić information content (AvgIpc) is 2.79. The molecule has 0 aliphatic carbocycles. The fourth-order valence-electron chi connectivity index (χ4n) is 3.88. The van der Waals surface area contributed by atoms with Crippen LogP contribution >= 0.6 is 15.9 Å². The second-order valence-corrected chi connectivity index (χ2v) is 8.99. The van der Waals surface area contributed by atoms with Gasteiger partial charge in [-0.3, -0.25) is 9.69 Å². The highest BCUT2D eigenvalue weighted by atomic mass is 79.9. The summed E-state index contributed by atoms with van der Waals surface area (Å²) in [5.74, 6) is 0.583. The van der Waals surface area contributed by atoms with Crippen LogP contribution in [0.4, 0.5) is 0 Å². The summed E-state index contributed by atoms with van der Waals surface area (Å²) in [6, 6.07) is 22.1. The highest BCUT2D eigenvalue weighted by Gasteiger charge is 2.21. The Kier molecular flexibility index (Phi) is 7.22. The van der Waals surface area contributed by atoms with Crippen molar-refractivity contribution in [3.63, 3.8) is 0 Å². The van der Waals surface area contributed by atoms with Crippen LogP contribution in [-0.2, 0) is 4.79 Å². The number of hydrogen-bond donors (Lipinski definition) is 1. The first kappa shape index (κ1) is 21.8. The Bertz CT molecular complexity index is 1020. The van der Waals surface area contributed by atoms with E-state index in [-0.39, 0.29) is 18.6 Å². The minimum absolute atomic E-state index is 0.00585. The van der Waals surface area contributed by atoms with Gasteiger partial charge in [-0.25, -0.2) is 0 Å². The van der Waals surface area contributed by atoms with Gasteiger partial charge in [0, 0.05) is 37.2 Å². The van der Waals surface area contributed by atoms with E-state index in [1.165, 1.54) is 0 Å². The van der Waals surface area contributed by atoms with Crippen LogP contribution in [0, 0.1) is 0 Å². The summed E-state index contributed by atoms with van der Waals surface area (Å²) < 4.78 is 6.84. The largest absolute Gasteiger partial charge is 0.484 e. The van der Waals surface area contributed by atoms with Crippen LogP contribution in [0.2, 0.25) is 0 Å². The number of benzene rings is 3. The molecule has 0 bridgehead atoms. The summed E-state index contributed by atoms with van der Waals surface area (Å²) in [7, 11) is 2.15. The lowest BCUT2D eigenvalue weighted by Crippen LogP contribution is -2.48. The summed E-state index contributed by atoms with van der Waals surface area (Å²) in [6.45, 7) is 4.93. The number of hydrogen-bond acceptors (Lipinski definition) is 4. The lowest BCUT2D eigenvalue weighted by atomic mass is 10.1.